The van der Waals surface area contributed by atoms with Gasteiger partial charge >= 0.3 is 0 Å². The zero-order valence-electron chi connectivity index (χ0n) is 12.1. The van der Waals surface area contributed by atoms with Crippen LogP contribution in [0.4, 0.5) is 4.39 Å². The second-order valence-electron chi connectivity index (χ2n) is 6.47. The second-order valence-corrected chi connectivity index (χ2v) is 6.47. The lowest BCUT2D eigenvalue weighted by Crippen LogP contribution is -2.62. The topological polar surface area (TPSA) is 15.3 Å². The van der Waals surface area contributed by atoms with Gasteiger partial charge in [-0.25, -0.2) is 4.39 Å². The summed E-state index contributed by atoms with van der Waals surface area (Å²) in [4.78, 5) is 2.34. The molecule has 3 unspecified atom stereocenters. The van der Waals surface area contributed by atoms with Crippen molar-refractivity contribution in [3.8, 4) is 0 Å². The fourth-order valence-corrected chi connectivity index (χ4v) is 2.71. The summed E-state index contributed by atoms with van der Waals surface area (Å²) in [5.41, 5.74) is 0.211. The van der Waals surface area contributed by atoms with Crippen molar-refractivity contribution in [2.24, 2.45) is 11.3 Å². The van der Waals surface area contributed by atoms with E-state index in [2.05, 4.69) is 44.8 Å². The van der Waals surface area contributed by atoms with Crippen LogP contribution in [0.2, 0.25) is 0 Å². The third-order valence-electron chi connectivity index (χ3n) is 4.15. The third kappa shape index (κ3) is 3.92. The first kappa shape index (κ1) is 14.9. The number of hydrogen-bond acceptors (Lipinski definition) is 2. The maximum Gasteiger partial charge on any atom is 0.102 e. The van der Waals surface area contributed by atoms with E-state index in [4.69, 9.17) is 0 Å². The smallest absolute Gasteiger partial charge is 0.102 e. The molecule has 17 heavy (non-hydrogen) atoms. The van der Waals surface area contributed by atoms with Crippen LogP contribution in [0.25, 0.3) is 0 Å². The van der Waals surface area contributed by atoms with Crippen molar-refractivity contribution in [3.63, 3.8) is 0 Å². The lowest BCUT2D eigenvalue weighted by Gasteiger charge is -2.47. The zero-order chi connectivity index (χ0) is 13.1. The van der Waals surface area contributed by atoms with Crippen LogP contribution in [0.5, 0.6) is 0 Å². The maximum atomic E-state index is 12.7. The van der Waals surface area contributed by atoms with Crippen LogP contribution in [0.1, 0.15) is 41.0 Å². The Labute approximate surface area is 106 Å². The molecule has 3 heteroatoms. The van der Waals surface area contributed by atoms with Crippen LogP contribution in [-0.2, 0) is 0 Å². The quantitative estimate of drug-likeness (QED) is 0.818. The fraction of sp³-hybridized carbons (Fsp3) is 1.00. The van der Waals surface area contributed by atoms with E-state index in [1.54, 1.807) is 0 Å². The molecule has 0 aromatic rings. The summed E-state index contributed by atoms with van der Waals surface area (Å²) in [6, 6.07) is 0.962. The average Bonchev–Trinajstić information content (AvgIpc) is 2.27. The minimum Gasteiger partial charge on any atom is -0.311 e. The van der Waals surface area contributed by atoms with Gasteiger partial charge < -0.3 is 5.32 Å². The molecule has 1 fully saturated rings. The Morgan fingerprint density at radius 1 is 1.41 bits per heavy atom. The molecule has 0 aromatic heterocycles. The molecule has 0 amide bonds. The number of nitrogens with zero attached hydrogens (tertiary/aromatic N) is 1. The van der Waals surface area contributed by atoms with E-state index in [1.807, 2.05) is 0 Å². The third-order valence-corrected chi connectivity index (χ3v) is 4.15. The Bertz CT molecular complexity index is 225. The standard InChI is InChI=1S/C14H29FN2/c1-6-11(2)12-10-17(8-7-15)13(9-16-12)14(3,4)5/h11-13,16H,6-10H2,1-5H3. The molecule has 1 N–H and O–H groups in total. The summed E-state index contributed by atoms with van der Waals surface area (Å²) in [7, 11) is 0. The molecule has 2 nitrogen and oxygen atoms in total. The molecule has 0 aromatic carbocycles. The van der Waals surface area contributed by atoms with E-state index < -0.39 is 0 Å². The molecule has 1 aliphatic heterocycles. The van der Waals surface area contributed by atoms with Crippen LogP contribution in [0.15, 0.2) is 0 Å². The predicted octanol–water partition coefficient (Wildman–Crippen LogP) is 2.69. The molecular formula is C14H29FN2. The van der Waals surface area contributed by atoms with E-state index in [-0.39, 0.29) is 12.1 Å². The van der Waals surface area contributed by atoms with Gasteiger partial charge in [0.05, 0.1) is 0 Å². The Morgan fingerprint density at radius 3 is 2.53 bits per heavy atom. The highest BCUT2D eigenvalue weighted by Gasteiger charge is 2.36. The molecule has 0 bridgehead atoms. The number of hydrogen-bond donors (Lipinski definition) is 1. The highest BCUT2D eigenvalue weighted by Crippen LogP contribution is 2.27. The zero-order valence-corrected chi connectivity index (χ0v) is 12.1. The van der Waals surface area contributed by atoms with Gasteiger partial charge in [-0.3, -0.25) is 4.90 Å². The number of piperazine rings is 1. The molecule has 1 saturated heterocycles. The highest BCUT2D eigenvalue weighted by atomic mass is 19.1. The van der Waals surface area contributed by atoms with Crippen LogP contribution in [0, 0.1) is 11.3 Å². The minimum atomic E-state index is -0.236. The van der Waals surface area contributed by atoms with Gasteiger partial charge in [0.2, 0.25) is 0 Å². The monoisotopic (exact) mass is 244 g/mol. The van der Waals surface area contributed by atoms with Gasteiger partial charge in [-0.2, -0.15) is 0 Å². The Kier molecular flexibility index (Phi) is 5.39. The maximum absolute atomic E-state index is 12.7. The molecule has 1 aliphatic rings. The Hall–Kier alpha value is -0.150. The molecule has 0 aliphatic carbocycles. The molecule has 0 radical (unpaired) electrons. The van der Waals surface area contributed by atoms with Crippen molar-refractivity contribution < 1.29 is 4.39 Å². The van der Waals surface area contributed by atoms with Gasteiger partial charge in [-0.1, -0.05) is 41.0 Å². The van der Waals surface area contributed by atoms with Crippen LogP contribution >= 0.6 is 0 Å². The van der Waals surface area contributed by atoms with Crippen molar-refractivity contribution in [3.05, 3.63) is 0 Å². The van der Waals surface area contributed by atoms with Crippen LogP contribution in [-0.4, -0.2) is 43.3 Å². The summed E-state index contributed by atoms with van der Waals surface area (Å²) in [5.74, 6) is 0.665. The molecular weight excluding hydrogens is 215 g/mol. The van der Waals surface area contributed by atoms with Crippen LogP contribution < -0.4 is 5.32 Å². The molecule has 1 heterocycles. The van der Waals surface area contributed by atoms with E-state index in [0.29, 0.717) is 24.5 Å². The fourth-order valence-electron chi connectivity index (χ4n) is 2.71. The van der Waals surface area contributed by atoms with E-state index >= 15 is 0 Å². The van der Waals surface area contributed by atoms with Crippen molar-refractivity contribution in [2.75, 3.05) is 26.3 Å². The largest absolute Gasteiger partial charge is 0.311 e. The minimum absolute atomic E-state index is 0.211. The van der Waals surface area contributed by atoms with Crippen molar-refractivity contribution in [1.29, 1.82) is 0 Å². The lowest BCUT2D eigenvalue weighted by atomic mass is 9.82. The Morgan fingerprint density at radius 2 is 2.06 bits per heavy atom. The molecule has 0 saturated carbocycles. The van der Waals surface area contributed by atoms with E-state index in [1.165, 1.54) is 6.42 Å². The number of rotatable bonds is 4. The first-order valence-corrected chi connectivity index (χ1v) is 6.93. The van der Waals surface area contributed by atoms with Gasteiger partial charge in [0, 0.05) is 31.7 Å². The van der Waals surface area contributed by atoms with Gasteiger partial charge in [-0.15, -0.1) is 0 Å². The number of nitrogens with one attached hydrogen (secondary N) is 1. The summed E-state index contributed by atoms with van der Waals surface area (Å²) >= 11 is 0. The molecule has 1 rings (SSSR count). The molecule has 102 valence electrons. The molecule has 0 spiro atoms. The van der Waals surface area contributed by atoms with Gasteiger partial charge in [0.25, 0.3) is 0 Å². The summed E-state index contributed by atoms with van der Waals surface area (Å²) in [6.07, 6.45) is 1.18. The van der Waals surface area contributed by atoms with Gasteiger partial charge in [-0.05, 0) is 11.3 Å². The van der Waals surface area contributed by atoms with Crippen LogP contribution in [0.3, 0.4) is 0 Å². The predicted molar refractivity (Wildman–Crippen MR) is 72.0 cm³/mol. The normalized spacial score (nSPS) is 29.3. The highest BCUT2D eigenvalue weighted by molar-refractivity contribution is 4.93. The van der Waals surface area contributed by atoms with Crippen molar-refractivity contribution in [1.82, 2.24) is 10.2 Å². The van der Waals surface area contributed by atoms with E-state index in [9.17, 15) is 4.39 Å². The first-order chi connectivity index (χ1) is 7.90. The SMILES string of the molecule is CCC(C)C1CN(CCF)C(C(C)(C)C)CN1. The van der Waals surface area contributed by atoms with Gasteiger partial charge in [0.15, 0.2) is 0 Å². The first-order valence-electron chi connectivity index (χ1n) is 6.93. The average molecular weight is 244 g/mol. The summed E-state index contributed by atoms with van der Waals surface area (Å²) in [5, 5.41) is 3.65. The second kappa shape index (κ2) is 6.14. The lowest BCUT2D eigenvalue weighted by molar-refractivity contribution is 0.0398. The molecule has 3 atom stereocenters. The number of halogens is 1. The summed E-state index contributed by atoms with van der Waals surface area (Å²) in [6.45, 7) is 13.6. The Balaban J connectivity index is 2.67. The summed E-state index contributed by atoms with van der Waals surface area (Å²) < 4.78 is 12.7. The van der Waals surface area contributed by atoms with Gasteiger partial charge in [0.1, 0.15) is 6.67 Å². The van der Waals surface area contributed by atoms with E-state index in [0.717, 1.165) is 13.1 Å². The van der Waals surface area contributed by atoms with Crippen molar-refractivity contribution in [2.45, 2.75) is 53.1 Å². The number of alkyl halides is 1. The van der Waals surface area contributed by atoms with Crippen molar-refractivity contribution >= 4 is 0 Å².